The summed E-state index contributed by atoms with van der Waals surface area (Å²) in [7, 11) is 0. The molecule has 5 heteroatoms. The van der Waals surface area contributed by atoms with Crippen LogP contribution in [0.3, 0.4) is 0 Å². The van der Waals surface area contributed by atoms with Crippen molar-refractivity contribution >= 4 is 17.6 Å². The van der Waals surface area contributed by atoms with Gasteiger partial charge in [0.15, 0.2) is 0 Å². The minimum atomic E-state index is -0.988. The van der Waals surface area contributed by atoms with Crippen LogP contribution < -0.4 is 10.1 Å². The maximum Gasteiger partial charge on any atom is 0.335 e. The molecule has 0 saturated carbocycles. The minimum Gasteiger partial charge on any atom is -0.492 e. The molecule has 0 radical (unpaired) electrons. The van der Waals surface area contributed by atoms with Gasteiger partial charge in [-0.15, -0.1) is 0 Å². The first kappa shape index (κ1) is 17.4. The van der Waals surface area contributed by atoms with E-state index >= 15 is 0 Å². The van der Waals surface area contributed by atoms with Crippen molar-refractivity contribution in [2.75, 3.05) is 13.2 Å². The summed E-state index contributed by atoms with van der Waals surface area (Å²) >= 11 is 6.05. The van der Waals surface area contributed by atoms with E-state index in [2.05, 4.69) is 25.2 Å². The van der Waals surface area contributed by atoms with E-state index in [-0.39, 0.29) is 5.56 Å². The lowest BCUT2D eigenvalue weighted by Crippen LogP contribution is -2.12. The number of carbonyl (C=O) groups is 1. The van der Waals surface area contributed by atoms with Crippen molar-refractivity contribution in [3.8, 4) is 5.75 Å². The number of allylic oxidation sites excluding steroid dienone is 3. The van der Waals surface area contributed by atoms with Crippen molar-refractivity contribution in [2.24, 2.45) is 0 Å². The first-order valence-corrected chi connectivity index (χ1v) is 8.13. The molecule has 0 spiro atoms. The van der Waals surface area contributed by atoms with Gasteiger partial charge in [0.05, 0.1) is 17.2 Å². The van der Waals surface area contributed by atoms with E-state index in [1.807, 2.05) is 0 Å². The monoisotopic (exact) mass is 335 g/mol. The molecule has 1 aliphatic rings. The molecule has 0 amide bonds. The molecule has 0 atom stereocenters. The highest BCUT2D eigenvalue weighted by molar-refractivity contribution is 6.32. The fraction of sp³-hybridized carbons (Fsp3) is 0.389. The van der Waals surface area contributed by atoms with Crippen LogP contribution in [0, 0.1) is 0 Å². The average molecular weight is 336 g/mol. The van der Waals surface area contributed by atoms with Crippen LogP contribution in [0.1, 0.15) is 43.5 Å². The number of benzene rings is 1. The van der Waals surface area contributed by atoms with Crippen molar-refractivity contribution in [1.82, 2.24) is 5.32 Å². The lowest BCUT2D eigenvalue weighted by atomic mass is 10.0. The van der Waals surface area contributed by atoms with E-state index in [0.717, 1.165) is 25.8 Å². The Labute approximate surface area is 141 Å². The molecule has 23 heavy (non-hydrogen) atoms. The fourth-order valence-electron chi connectivity index (χ4n) is 2.64. The zero-order valence-corrected chi connectivity index (χ0v) is 14.2. The molecule has 4 nitrogen and oxygen atoms in total. The summed E-state index contributed by atoms with van der Waals surface area (Å²) in [5.41, 5.74) is 4.05. The Hall–Kier alpha value is -1.94. The minimum absolute atomic E-state index is 0.176. The van der Waals surface area contributed by atoms with Crippen LogP contribution in [0.5, 0.6) is 5.75 Å². The Morgan fingerprint density at radius 3 is 2.91 bits per heavy atom. The van der Waals surface area contributed by atoms with Crippen molar-refractivity contribution < 1.29 is 14.6 Å². The van der Waals surface area contributed by atoms with Gasteiger partial charge in [-0.2, -0.15) is 0 Å². The standard InChI is InChI=1S/C18H22ClNO3/c1-12-5-3-9-20-13(2)15(12)6-4-10-23-17-11-14(18(21)22)7-8-16(17)19/h5,7-8,11,20H,3-4,6,9-10H2,1-2H3,(H,21,22). The molecule has 0 unspecified atom stereocenters. The van der Waals surface area contributed by atoms with Gasteiger partial charge in [0.2, 0.25) is 0 Å². The predicted molar refractivity (Wildman–Crippen MR) is 92.2 cm³/mol. The summed E-state index contributed by atoms with van der Waals surface area (Å²) in [4.78, 5) is 11.0. The van der Waals surface area contributed by atoms with Crippen molar-refractivity contribution in [3.63, 3.8) is 0 Å². The molecule has 2 N–H and O–H groups in total. The average Bonchev–Trinajstić information content (AvgIpc) is 2.67. The lowest BCUT2D eigenvalue weighted by Gasteiger charge is -2.13. The smallest absolute Gasteiger partial charge is 0.335 e. The van der Waals surface area contributed by atoms with Gasteiger partial charge in [-0.1, -0.05) is 23.3 Å². The molecule has 0 aliphatic carbocycles. The second-order valence-corrected chi connectivity index (χ2v) is 6.02. The summed E-state index contributed by atoms with van der Waals surface area (Å²) in [6, 6.07) is 4.49. The normalized spacial score (nSPS) is 14.8. The summed E-state index contributed by atoms with van der Waals surface area (Å²) in [5, 5.41) is 12.9. The summed E-state index contributed by atoms with van der Waals surface area (Å²) in [5.74, 6) is -0.568. The van der Waals surface area contributed by atoms with Gasteiger partial charge in [0.25, 0.3) is 0 Å². The molecule has 0 bridgehead atoms. The van der Waals surface area contributed by atoms with Gasteiger partial charge in [-0.3, -0.25) is 0 Å². The summed E-state index contributed by atoms with van der Waals surface area (Å²) < 4.78 is 5.66. The molecular weight excluding hydrogens is 314 g/mol. The molecule has 2 rings (SSSR count). The molecule has 124 valence electrons. The molecular formula is C18H22ClNO3. The number of carboxylic acid groups (broad SMARTS) is 1. The second-order valence-electron chi connectivity index (χ2n) is 5.61. The van der Waals surface area contributed by atoms with E-state index < -0.39 is 5.97 Å². The second kappa shape index (κ2) is 8.06. The molecule has 0 fully saturated rings. The van der Waals surface area contributed by atoms with Gasteiger partial charge >= 0.3 is 5.97 Å². The van der Waals surface area contributed by atoms with Crippen LogP contribution >= 0.6 is 11.6 Å². The number of halogens is 1. The Bertz CT molecular complexity index is 650. The van der Waals surface area contributed by atoms with Crippen LogP contribution in [0.25, 0.3) is 0 Å². The number of ether oxygens (including phenoxy) is 1. The van der Waals surface area contributed by atoms with Gasteiger partial charge in [-0.25, -0.2) is 4.79 Å². The van der Waals surface area contributed by atoms with Gasteiger partial charge in [0, 0.05) is 12.2 Å². The molecule has 1 aromatic rings. The van der Waals surface area contributed by atoms with E-state index in [1.54, 1.807) is 6.07 Å². The van der Waals surface area contributed by atoms with Gasteiger partial charge < -0.3 is 15.2 Å². The Morgan fingerprint density at radius 2 is 2.17 bits per heavy atom. The highest BCUT2D eigenvalue weighted by atomic mass is 35.5. The zero-order chi connectivity index (χ0) is 16.8. The number of aromatic carboxylic acids is 1. The number of rotatable bonds is 6. The van der Waals surface area contributed by atoms with Crippen molar-refractivity contribution in [3.05, 3.63) is 51.7 Å². The fourth-order valence-corrected chi connectivity index (χ4v) is 2.81. The first-order valence-electron chi connectivity index (χ1n) is 7.75. The maximum atomic E-state index is 11.0. The van der Waals surface area contributed by atoms with E-state index in [0.29, 0.717) is 17.4 Å². The predicted octanol–water partition coefficient (Wildman–Crippen LogP) is 4.41. The molecule has 0 aromatic heterocycles. The number of hydrogen-bond acceptors (Lipinski definition) is 3. The highest BCUT2D eigenvalue weighted by Gasteiger charge is 2.10. The third-order valence-corrected chi connectivity index (χ3v) is 4.23. The molecule has 1 heterocycles. The van der Waals surface area contributed by atoms with E-state index in [1.165, 1.54) is 29.0 Å². The quantitative estimate of drug-likeness (QED) is 0.756. The van der Waals surface area contributed by atoms with Crippen LogP contribution in [0.15, 0.2) is 41.1 Å². The number of nitrogens with one attached hydrogen (secondary N) is 1. The van der Waals surface area contributed by atoms with E-state index in [4.69, 9.17) is 21.4 Å². The van der Waals surface area contributed by atoms with Gasteiger partial charge in [-0.05, 0) is 56.9 Å². The third-order valence-electron chi connectivity index (χ3n) is 3.92. The van der Waals surface area contributed by atoms with Crippen molar-refractivity contribution in [1.29, 1.82) is 0 Å². The van der Waals surface area contributed by atoms with E-state index in [9.17, 15) is 4.79 Å². The lowest BCUT2D eigenvalue weighted by molar-refractivity contribution is 0.0696. The molecule has 1 aliphatic heterocycles. The largest absolute Gasteiger partial charge is 0.492 e. The Balaban J connectivity index is 1.93. The summed E-state index contributed by atoms with van der Waals surface area (Å²) in [6.45, 7) is 5.71. The van der Waals surface area contributed by atoms with Crippen LogP contribution in [0.4, 0.5) is 0 Å². The topological polar surface area (TPSA) is 58.6 Å². The first-order chi connectivity index (χ1) is 11.0. The maximum absolute atomic E-state index is 11.0. The summed E-state index contributed by atoms with van der Waals surface area (Å²) in [6.07, 6.45) is 5.05. The Kier molecular flexibility index (Phi) is 6.11. The van der Waals surface area contributed by atoms with Crippen LogP contribution in [-0.2, 0) is 0 Å². The highest BCUT2D eigenvalue weighted by Crippen LogP contribution is 2.27. The van der Waals surface area contributed by atoms with Gasteiger partial charge in [0.1, 0.15) is 5.75 Å². The SMILES string of the molecule is CC1=CCCNC(C)=C1CCCOc1cc(C(=O)O)ccc1Cl. The number of carboxylic acids is 1. The Morgan fingerprint density at radius 1 is 1.39 bits per heavy atom. The number of hydrogen-bond donors (Lipinski definition) is 2. The molecule has 1 aromatic carbocycles. The van der Waals surface area contributed by atoms with Crippen molar-refractivity contribution in [2.45, 2.75) is 33.1 Å². The van der Waals surface area contributed by atoms with Crippen LogP contribution in [-0.4, -0.2) is 24.2 Å². The van der Waals surface area contributed by atoms with Crippen LogP contribution in [0.2, 0.25) is 5.02 Å². The third kappa shape index (κ3) is 4.76. The molecule has 0 saturated heterocycles. The zero-order valence-electron chi connectivity index (χ0n) is 13.5.